The van der Waals surface area contributed by atoms with Crippen molar-refractivity contribution in [2.75, 3.05) is 13.1 Å². The fraction of sp³-hybridized carbons (Fsp3) is 0.818. The number of hydrogen-bond acceptors (Lipinski definition) is 4. The molecule has 18 heavy (non-hydrogen) atoms. The number of nitrogens with zero attached hydrogens (tertiary/aromatic N) is 1. The molecule has 1 rings (SSSR count). The number of β-amino-alcohol motifs (C(OH)–C–C–N with tert-alkyl or cyclic N) is 2. The van der Waals surface area contributed by atoms with Crippen molar-refractivity contribution in [2.24, 2.45) is 0 Å². The molecule has 1 heterocycles. The number of nitrogens with one attached hydrogen (secondary N) is 1. The van der Waals surface area contributed by atoms with E-state index in [0.717, 1.165) is 0 Å². The van der Waals surface area contributed by atoms with Gasteiger partial charge < -0.3 is 25.5 Å². The zero-order valence-electron chi connectivity index (χ0n) is 10.6. The van der Waals surface area contributed by atoms with Gasteiger partial charge in [-0.25, -0.2) is 4.79 Å². The van der Waals surface area contributed by atoms with E-state index in [1.807, 2.05) is 0 Å². The molecule has 4 N–H and O–H groups in total. The van der Waals surface area contributed by atoms with Crippen LogP contribution in [0.5, 0.6) is 0 Å². The van der Waals surface area contributed by atoms with E-state index in [1.54, 1.807) is 13.8 Å². The lowest BCUT2D eigenvalue weighted by Gasteiger charge is -2.28. The SMILES string of the molecule is CC(C)(CCC(=O)O)NC(=O)N1CC(O)C(O)C1. The number of carbonyl (C=O) groups is 2. The second-order valence-electron chi connectivity index (χ2n) is 5.25. The molecule has 1 fully saturated rings. The Bertz CT molecular complexity index is 321. The van der Waals surface area contributed by atoms with Gasteiger partial charge in [-0.15, -0.1) is 0 Å². The summed E-state index contributed by atoms with van der Waals surface area (Å²) in [7, 11) is 0. The lowest BCUT2D eigenvalue weighted by atomic mass is 9.99. The molecule has 104 valence electrons. The maximum Gasteiger partial charge on any atom is 0.317 e. The minimum atomic E-state index is -0.919. The number of carboxylic acid groups (broad SMARTS) is 1. The van der Waals surface area contributed by atoms with E-state index in [0.29, 0.717) is 6.42 Å². The van der Waals surface area contributed by atoms with Gasteiger partial charge in [-0.1, -0.05) is 0 Å². The van der Waals surface area contributed by atoms with E-state index < -0.39 is 29.7 Å². The van der Waals surface area contributed by atoms with Crippen LogP contribution in [0.15, 0.2) is 0 Å². The van der Waals surface area contributed by atoms with Gasteiger partial charge in [0.25, 0.3) is 0 Å². The maximum absolute atomic E-state index is 11.8. The summed E-state index contributed by atoms with van der Waals surface area (Å²) in [5, 5.41) is 30.0. The van der Waals surface area contributed by atoms with Gasteiger partial charge in [0.05, 0.1) is 25.3 Å². The predicted molar refractivity (Wildman–Crippen MR) is 63.1 cm³/mol. The summed E-state index contributed by atoms with van der Waals surface area (Å²) in [6.45, 7) is 3.64. The number of rotatable bonds is 4. The molecule has 0 aromatic rings. The standard InChI is InChI=1S/C11H20N2O5/c1-11(2,4-3-9(16)17)12-10(18)13-5-7(14)8(15)6-13/h7-8,14-15H,3-6H2,1-2H3,(H,12,18)(H,16,17). The first-order chi connectivity index (χ1) is 8.21. The molecule has 0 spiro atoms. The zero-order chi connectivity index (χ0) is 13.9. The molecule has 2 unspecified atom stereocenters. The van der Waals surface area contributed by atoms with Crippen molar-refractivity contribution in [3.63, 3.8) is 0 Å². The first kappa shape index (κ1) is 14.7. The number of amides is 2. The summed E-state index contributed by atoms with van der Waals surface area (Å²) in [6, 6.07) is -0.402. The molecule has 0 bridgehead atoms. The molecule has 2 atom stereocenters. The third-order valence-electron chi connectivity index (χ3n) is 2.96. The zero-order valence-corrected chi connectivity index (χ0v) is 10.6. The largest absolute Gasteiger partial charge is 0.481 e. The highest BCUT2D eigenvalue weighted by Gasteiger charge is 2.34. The van der Waals surface area contributed by atoms with E-state index in [2.05, 4.69) is 5.32 Å². The monoisotopic (exact) mass is 260 g/mol. The molecule has 0 aliphatic carbocycles. The van der Waals surface area contributed by atoms with E-state index in [-0.39, 0.29) is 19.5 Å². The van der Waals surface area contributed by atoms with Gasteiger partial charge in [0.1, 0.15) is 0 Å². The number of aliphatic hydroxyl groups excluding tert-OH is 2. The Morgan fingerprint density at radius 3 is 2.22 bits per heavy atom. The average Bonchev–Trinajstić information content (AvgIpc) is 2.56. The topological polar surface area (TPSA) is 110 Å². The molecular formula is C11H20N2O5. The summed E-state index contributed by atoms with van der Waals surface area (Å²) < 4.78 is 0. The van der Waals surface area contributed by atoms with Crippen LogP contribution in [0.25, 0.3) is 0 Å². The Hall–Kier alpha value is -1.34. The van der Waals surface area contributed by atoms with Crippen molar-refractivity contribution < 1.29 is 24.9 Å². The summed E-state index contributed by atoms with van der Waals surface area (Å²) in [5.41, 5.74) is -0.645. The summed E-state index contributed by atoms with van der Waals surface area (Å²) >= 11 is 0. The van der Waals surface area contributed by atoms with E-state index >= 15 is 0 Å². The van der Waals surface area contributed by atoms with Crippen LogP contribution in [0.3, 0.4) is 0 Å². The highest BCUT2D eigenvalue weighted by atomic mass is 16.4. The molecule has 1 aliphatic rings. The summed E-state index contributed by atoms with van der Waals surface area (Å²) in [4.78, 5) is 23.6. The Labute approximate surface area is 105 Å². The number of aliphatic hydroxyl groups is 2. The molecule has 0 saturated carbocycles. The molecule has 1 saturated heterocycles. The van der Waals surface area contributed by atoms with Crippen LogP contribution >= 0.6 is 0 Å². The first-order valence-electron chi connectivity index (χ1n) is 5.86. The Morgan fingerprint density at radius 2 is 1.78 bits per heavy atom. The predicted octanol–water partition coefficient (Wildman–Crippen LogP) is -0.623. The van der Waals surface area contributed by atoms with Gasteiger partial charge in [0.2, 0.25) is 0 Å². The van der Waals surface area contributed by atoms with Gasteiger partial charge >= 0.3 is 12.0 Å². The molecular weight excluding hydrogens is 240 g/mol. The third kappa shape index (κ3) is 4.15. The van der Waals surface area contributed by atoms with Crippen molar-refractivity contribution in [2.45, 2.75) is 44.4 Å². The minimum absolute atomic E-state index is 0.0292. The smallest absolute Gasteiger partial charge is 0.317 e. The number of likely N-dealkylation sites (tertiary alicyclic amines) is 1. The fourth-order valence-corrected chi connectivity index (χ4v) is 1.79. The lowest BCUT2D eigenvalue weighted by molar-refractivity contribution is -0.137. The van der Waals surface area contributed by atoms with Gasteiger partial charge in [-0.05, 0) is 20.3 Å². The van der Waals surface area contributed by atoms with Crippen molar-refractivity contribution in [3.8, 4) is 0 Å². The van der Waals surface area contributed by atoms with Crippen molar-refractivity contribution >= 4 is 12.0 Å². The molecule has 7 nitrogen and oxygen atoms in total. The van der Waals surface area contributed by atoms with Crippen LogP contribution in [0.4, 0.5) is 4.79 Å². The highest BCUT2D eigenvalue weighted by Crippen LogP contribution is 2.15. The van der Waals surface area contributed by atoms with E-state index in [1.165, 1.54) is 4.90 Å². The normalized spacial score (nSPS) is 24.1. The molecule has 2 amide bonds. The summed E-state index contributed by atoms with van der Waals surface area (Å²) in [6.07, 6.45) is -1.55. The van der Waals surface area contributed by atoms with Crippen LogP contribution < -0.4 is 5.32 Å². The van der Waals surface area contributed by atoms with Crippen molar-refractivity contribution in [1.29, 1.82) is 0 Å². The lowest BCUT2D eigenvalue weighted by Crippen LogP contribution is -2.49. The van der Waals surface area contributed by atoms with Gasteiger partial charge in [0, 0.05) is 12.0 Å². The van der Waals surface area contributed by atoms with E-state index in [4.69, 9.17) is 5.11 Å². The number of carbonyl (C=O) groups excluding carboxylic acids is 1. The Kier molecular flexibility index (Phi) is 4.53. The number of urea groups is 1. The number of aliphatic carboxylic acids is 1. The quantitative estimate of drug-likeness (QED) is 0.538. The second kappa shape index (κ2) is 5.53. The average molecular weight is 260 g/mol. The minimum Gasteiger partial charge on any atom is -0.481 e. The summed E-state index contributed by atoms with van der Waals surface area (Å²) in [5.74, 6) is -0.913. The van der Waals surface area contributed by atoms with Crippen LogP contribution in [0.2, 0.25) is 0 Å². The Balaban J connectivity index is 2.46. The van der Waals surface area contributed by atoms with Crippen LogP contribution in [-0.4, -0.2) is 63.1 Å². The van der Waals surface area contributed by atoms with Gasteiger partial charge in [-0.3, -0.25) is 4.79 Å². The molecule has 0 aromatic heterocycles. The van der Waals surface area contributed by atoms with Gasteiger partial charge in [0.15, 0.2) is 0 Å². The number of carboxylic acids is 1. The van der Waals surface area contributed by atoms with E-state index in [9.17, 15) is 19.8 Å². The first-order valence-corrected chi connectivity index (χ1v) is 5.86. The highest BCUT2D eigenvalue weighted by molar-refractivity contribution is 5.75. The van der Waals surface area contributed by atoms with Crippen LogP contribution in [0, 0.1) is 0 Å². The molecule has 0 radical (unpaired) electrons. The van der Waals surface area contributed by atoms with Crippen LogP contribution in [0.1, 0.15) is 26.7 Å². The fourth-order valence-electron chi connectivity index (χ4n) is 1.79. The molecule has 0 aromatic carbocycles. The maximum atomic E-state index is 11.8. The number of hydrogen-bond donors (Lipinski definition) is 4. The Morgan fingerprint density at radius 1 is 1.28 bits per heavy atom. The molecule has 1 aliphatic heterocycles. The second-order valence-corrected chi connectivity index (χ2v) is 5.25. The third-order valence-corrected chi connectivity index (χ3v) is 2.96. The van der Waals surface area contributed by atoms with Gasteiger partial charge in [-0.2, -0.15) is 0 Å². The van der Waals surface area contributed by atoms with Crippen molar-refractivity contribution in [3.05, 3.63) is 0 Å². The van der Waals surface area contributed by atoms with Crippen LogP contribution in [-0.2, 0) is 4.79 Å². The molecule has 7 heteroatoms. The van der Waals surface area contributed by atoms with Crippen molar-refractivity contribution in [1.82, 2.24) is 10.2 Å².